The number of nitrogens with zero attached hydrogens (tertiary/aromatic N) is 6. The summed E-state index contributed by atoms with van der Waals surface area (Å²) in [4.78, 5) is 38.6. The van der Waals surface area contributed by atoms with Gasteiger partial charge in [0.15, 0.2) is 0 Å². The first-order valence-corrected chi connectivity index (χ1v) is 16.5. The third kappa shape index (κ3) is 5.43. The minimum atomic E-state index is -0.120. The lowest BCUT2D eigenvalue weighted by Gasteiger charge is -2.35. The second-order valence-electron chi connectivity index (χ2n) is 12.5. The van der Waals surface area contributed by atoms with Gasteiger partial charge in [-0.25, -0.2) is 4.98 Å². The molecule has 5 heterocycles. The van der Waals surface area contributed by atoms with Crippen LogP contribution in [0.2, 0.25) is 0 Å². The van der Waals surface area contributed by atoms with Gasteiger partial charge in [0.25, 0.3) is 11.5 Å². The summed E-state index contributed by atoms with van der Waals surface area (Å²) in [6.07, 6.45) is 9.06. The van der Waals surface area contributed by atoms with E-state index in [1.165, 1.54) is 24.1 Å². The molecule has 1 fully saturated rings. The van der Waals surface area contributed by atoms with Crippen LogP contribution in [0.4, 0.5) is 22.9 Å². The number of nitrogens with one attached hydrogen (secondary N) is 1. The van der Waals surface area contributed by atoms with Crippen LogP contribution in [-0.4, -0.2) is 64.2 Å². The van der Waals surface area contributed by atoms with E-state index in [9.17, 15) is 9.59 Å². The molecule has 1 aliphatic carbocycles. The number of hydrogen-bond acceptors (Lipinski definition) is 6. The molecule has 4 aromatic rings. The second kappa shape index (κ2) is 12.2. The number of aromatic nitrogens is 3. The van der Waals surface area contributed by atoms with Crippen molar-refractivity contribution in [3.8, 4) is 11.1 Å². The van der Waals surface area contributed by atoms with Gasteiger partial charge in [0.05, 0.1) is 11.9 Å². The number of anilines is 4. The lowest BCUT2D eigenvalue weighted by molar-refractivity contribution is 0.0964. The number of fused-ring (bicyclic) bond motifs is 3. The Morgan fingerprint density at radius 3 is 2.49 bits per heavy atom. The molecule has 3 aromatic heterocycles. The number of pyridine rings is 2. The van der Waals surface area contributed by atoms with Crippen molar-refractivity contribution in [3.63, 3.8) is 0 Å². The molecule has 0 unspecified atom stereocenters. The van der Waals surface area contributed by atoms with E-state index < -0.39 is 0 Å². The van der Waals surface area contributed by atoms with Gasteiger partial charge in [-0.2, -0.15) is 0 Å². The van der Waals surface area contributed by atoms with Gasteiger partial charge in [0.1, 0.15) is 17.2 Å². The molecule has 234 valence electrons. The standard InChI is InChI=1S/C36H43N7O2/c1-4-28-29(10-8-12-32(28)43-20-19-42-31-11-7-6-9-25(31)22-33(42)36(43)45)26-21-30(35(44)39(3)24-26)38-34-14-13-27(23-37-34)41-17-15-40(5-2)16-18-41/h8,10,12-14,21-24H,4-7,9,11,15-20H2,1-3H3,(H,37,38). The Labute approximate surface area is 265 Å². The monoisotopic (exact) mass is 605 g/mol. The van der Waals surface area contributed by atoms with Crippen LogP contribution in [0, 0.1) is 0 Å². The lowest BCUT2D eigenvalue weighted by atomic mass is 9.96. The van der Waals surface area contributed by atoms with Crippen molar-refractivity contribution in [3.05, 3.63) is 87.7 Å². The zero-order valence-electron chi connectivity index (χ0n) is 26.7. The van der Waals surface area contributed by atoms with Crippen LogP contribution in [-0.2, 0) is 32.9 Å². The number of likely N-dealkylation sites (N-methyl/N-ethyl adjacent to an activating group) is 1. The van der Waals surface area contributed by atoms with Crippen LogP contribution in [0.5, 0.6) is 0 Å². The molecule has 1 amide bonds. The predicted octanol–water partition coefficient (Wildman–Crippen LogP) is 5.24. The Bertz CT molecular complexity index is 1780. The quantitative estimate of drug-likeness (QED) is 0.311. The fraction of sp³-hybridized carbons (Fsp3) is 0.417. The fourth-order valence-electron chi connectivity index (χ4n) is 7.39. The van der Waals surface area contributed by atoms with Gasteiger partial charge in [-0.3, -0.25) is 9.59 Å². The molecule has 1 aromatic carbocycles. The van der Waals surface area contributed by atoms with Gasteiger partial charge >= 0.3 is 0 Å². The van der Waals surface area contributed by atoms with Crippen molar-refractivity contribution in [2.45, 2.75) is 52.5 Å². The number of hydrogen-bond donors (Lipinski definition) is 1. The second-order valence-corrected chi connectivity index (χ2v) is 12.5. The maximum Gasteiger partial charge on any atom is 0.274 e. The molecule has 0 saturated carbocycles. The first-order chi connectivity index (χ1) is 21.9. The Morgan fingerprint density at radius 2 is 1.73 bits per heavy atom. The number of amides is 1. The van der Waals surface area contributed by atoms with Crippen molar-refractivity contribution in [2.75, 3.05) is 54.4 Å². The average molecular weight is 606 g/mol. The normalized spacial score (nSPS) is 16.9. The summed E-state index contributed by atoms with van der Waals surface area (Å²) in [5.41, 5.74) is 8.97. The van der Waals surface area contributed by atoms with Crippen molar-refractivity contribution in [1.82, 2.24) is 19.0 Å². The van der Waals surface area contributed by atoms with E-state index in [1.807, 2.05) is 35.5 Å². The molecule has 45 heavy (non-hydrogen) atoms. The van der Waals surface area contributed by atoms with E-state index in [0.29, 0.717) is 18.1 Å². The number of benzene rings is 1. The van der Waals surface area contributed by atoms with Crippen LogP contribution >= 0.6 is 0 Å². The SMILES string of the molecule is CCc1c(-c2cc(Nc3ccc(N4CCN(CC)CC4)cn3)c(=O)n(C)c2)cccc1N1CCn2c(cc3c2CCCC3)C1=O. The summed E-state index contributed by atoms with van der Waals surface area (Å²) in [5, 5.41) is 3.29. The van der Waals surface area contributed by atoms with Crippen LogP contribution in [0.25, 0.3) is 11.1 Å². The van der Waals surface area contributed by atoms with Crippen molar-refractivity contribution >= 4 is 28.8 Å². The van der Waals surface area contributed by atoms with Crippen molar-refractivity contribution < 1.29 is 4.79 Å². The molecule has 1 saturated heterocycles. The average Bonchev–Trinajstić information content (AvgIpc) is 3.47. The number of carbonyl (C=O) groups excluding carboxylic acids is 1. The highest BCUT2D eigenvalue weighted by Gasteiger charge is 2.31. The van der Waals surface area contributed by atoms with Crippen molar-refractivity contribution in [1.29, 1.82) is 0 Å². The van der Waals surface area contributed by atoms with Crippen LogP contribution in [0.15, 0.2) is 59.7 Å². The smallest absolute Gasteiger partial charge is 0.274 e. The van der Waals surface area contributed by atoms with Crippen LogP contribution < -0.4 is 20.7 Å². The molecule has 0 atom stereocenters. The molecule has 2 aliphatic heterocycles. The summed E-state index contributed by atoms with van der Waals surface area (Å²) in [6, 6.07) is 14.2. The summed E-state index contributed by atoms with van der Waals surface area (Å²) >= 11 is 0. The molecule has 1 N–H and O–H groups in total. The summed E-state index contributed by atoms with van der Waals surface area (Å²) in [6.45, 7) is 11.0. The third-order valence-corrected chi connectivity index (χ3v) is 9.90. The maximum absolute atomic E-state index is 13.9. The van der Waals surface area contributed by atoms with E-state index in [2.05, 4.69) is 62.8 Å². The number of rotatable bonds is 7. The molecular weight excluding hydrogens is 562 g/mol. The fourth-order valence-corrected chi connectivity index (χ4v) is 7.39. The van der Waals surface area contributed by atoms with E-state index in [0.717, 1.165) is 92.3 Å². The minimum Gasteiger partial charge on any atom is -0.368 e. The van der Waals surface area contributed by atoms with Gasteiger partial charge in [0.2, 0.25) is 0 Å². The Hall–Kier alpha value is -4.37. The first-order valence-electron chi connectivity index (χ1n) is 16.5. The highest BCUT2D eigenvalue weighted by atomic mass is 16.2. The summed E-state index contributed by atoms with van der Waals surface area (Å²) < 4.78 is 3.88. The maximum atomic E-state index is 13.9. The van der Waals surface area contributed by atoms with Gasteiger partial charge in [0, 0.05) is 69.5 Å². The summed E-state index contributed by atoms with van der Waals surface area (Å²) in [7, 11) is 1.78. The lowest BCUT2D eigenvalue weighted by Crippen LogP contribution is -2.46. The third-order valence-electron chi connectivity index (χ3n) is 9.90. The molecule has 9 heteroatoms. The topological polar surface area (TPSA) is 78.6 Å². The minimum absolute atomic E-state index is 0.0760. The zero-order chi connectivity index (χ0) is 31.1. The van der Waals surface area contributed by atoms with Gasteiger partial charge in [-0.15, -0.1) is 0 Å². The highest BCUT2D eigenvalue weighted by molar-refractivity contribution is 6.07. The molecular formula is C36H43N7O2. The van der Waals surface area contributed by atoms with E-state index in [-0.39, 0.29) is 11.5 Å². The van der Waals surface area contributed by atoms with Gasteiger partial charge in [-0.05, 0) is 85.7 Å². The van der Waals surface area contributed by atoms with Crippen LogP contribution in [0.3, 0.4) is 0 Å². The van der Waals surface area contributed by atoms with Crippen molar-refractivity contribution in [2.24, 2.45) is 7.05 Å². The van der Waals surface area contributed by atoms with E-state index in [1.54, 1.807) is 11.6 Å². The summed E-state index contributed by atoms with van der Waals surface area (Å²) in [5.74, 6) is 0.710. The van der Waals surface area contributed by atoms with Gasteiger partial charge < -0.3 is 29.2 Å². The first kappa shape index (κ1) is 29.3. The molecule has 7 rings (SSSR count). The molecule has 0 spiro atoms. The Balaban J connectivity index is 1.16. The largest absolute Gasteiger partial charge is 0.368 e. The number of carbonyl (C=O) groups is 1. The van der Waals surface area contributed by atoms with Gasteiger partial charge in [-0.1, -0.05) is 26.0 Å². The molecule has 0 radical (unpaired) electrons. The Morgan fingerprint density at radius 1 is 0.911 bits per heavy atom. The molecule has 0 bridgehead atoms. The molecule has 9 nitrogen and oxygen atoms in total. The predicted molar refractivity (Wildman–Crippen MR) is 181 cm³/mol. The number of aryl methyl sites for hydroxylation is 2. The van der Waals surface area contributed by atoms with E-state index >= 15 is 0 Å². The molecule has 3 aliphatic rings. The zero-order valence-corrected chi connectivity index (χ0v) is 26.7. The van der Waals surface area contributed by atoms with E-state index in [4.69, 9.17) is 0 Å². The number of piperazine rings is 1. The van der Waals surface area contributed by atoms with Crippen LogP contribution in [0.1, 0.15) is 54.0 Å². The Kier molecular flexibility index (Phi) is 7.95. The highest BCUT2D eigenvalue weighted by Crippen LogP contribution is 2.36.